The van der Waals surface area contributed by atoms with Gasteiger partial charge in [0.05, 0.1) is 6.54 Å². The first-order valence-corrected chi connectivity index (χ1v) is 7.21. The zero-order valence-corrected chi connectivity index (χ0v) is 11.2. The molecule has 2 aliphatic carbocycles. The molecular formula is C14H22F3NO. The zero-order valence-electron chi connectivity index (χ0n) is 11.2. The number of alkyl halides is 3. The Kier molecular flexibility index (Phi) is 4.54. The molecule has 2 fully saturated rings. The molecule has 0 saturated heterocycles. The van der Waals surface area contributed by atoms with Crippen molar-refractivity contribution in [2.24, 2.45) is 5.41 Å². The molecule has 0 radical (unpaired) electrons. The van der Waals surface area contributed by atoms with Gasteiger partial charge in [0.2, 0.25) is 0 Å². The van der Waals surface area contributed by atoms with Crippen molar-refractivity contribution in [2.45, 2.75) is 63.6 Å². The molecule has 0 unspecified atom stereocenters. The summed E-state index contributed by atoms with van der Waals surface area (Å²) in [6.45, 7) is -0.575. The van der Waals surface area contributed by atoms with Crippen LogP contribution < -0.4 is 0 Å². The molecule has 0 aromatic heterocycles. The second kappa shape index (κ2) is 5.81. The van der Waals surface area contributed by atoms with Crippen LogP contribution in [-0.2, 0) is 4.79 Å². The predicted octanol–water partition coefficient (Wildman–Crippen LogP) is 3.55. The standard InChI is InChI=1S/C14H22F3NO/c15-14(16,17)10-18(12-5-6-12)9-13(11-19)7-3-1-2-4-8-13/h11-12H,1-10H2. The third-order valence-corrected chi connectivity index (χ3v) is 4.31. The van der Waals surface area contributed by atoms with E-state index in [0.29, 0.717) is 6.54 Å². The van der Waals surface area contributed by atoms with E-state index in [2.05, 4.69) is 0 Å². The van der Waals surface area contributed by atoms with E-state index in [0.717, 1.165) is 57.7 Å². The number of rotatable bonds is 5. The summed E-state index contributed by atoms with van der Waals surface area (Å²) in [5.74, 6) is 0. The van der Waals surface area contributed by atoms with Crippen molar-refractivity contribution in [1.29, 1.82) is 0 Å². The minimum absolute atomic E-state index is 0.0432. The van der Waals surface area contributed by atoms with Crippen molar-refractivity contribution >= 4 is 6.29 Å². The van der Waals surface area contributed by atoms with Gasteiger partial charge in [0.25, 0.3) is 0 Å². The van der Waals surface area contributed by atoms with Crippen LogP contribution in [0.1, 0.15) is 51.4 Å². The summed E-state index contributed by atoms with van der Waals surface area (Å²) >= 11 is 0. The van der Waals surface area contributed by atoms with E-state index in [9.17, 15) is 18.0 Å². The molecule has 0 spiro atoms. The van der Waals surface area contributed by atoms with Crippen molar-refractivity contribution in [1.82, 2.24) is 4.90 Å². The van der Waals surface area contributed by atoms with Crippen LogP contribution in [0.3, 0.4) is 0 Å². The fourth-order valence-electron chi connectivity index (χ4n) is 3.13. The monoisotopic (exact) mass is 277 g/mol. The smallest absolute Gasteiger partial charge is 0.303 e. The lowest BCUT2D eigenvalue weighted by Crippen LogP contribution is -2.44. The van der Waals surface area contributed by atoms with Crippen LogP contribution >= 0.6 is 0 Å². The van der Waals surface area contributed by atoms with Crippen LogP contribution in [0.4, 0.5) is 13.2 Å². The summed E-state index contributed by atoms with van der Waals surface area (Å²) in [4.78, 5) is 13.0. The van der Waals surface area contributed by atoms with E-state index in [4.69, 9.17) is 0 Å². The molecule has 2 saturated carbocycles. The Morgan fingerprint density at radius 2 is 1.68 bits per heavy atom. The quantitative estimate of drug-likeness (QED) is 0.566. The largest absolute Gasteiger partial charge is 0.401 e. The third-order valence-electron chi connectivity index (χ3n) is 4.31. The van der Waals surface area contributed by atoms with Gasteiger partial charge in [-0.15, -0.1) is 0 Å². The highest BCUT2D eigenvalue weighted by atomic mass is 19.4. The first-order chi connectivity index (χ1) is 8.94. The molecule has 0 N–H and O–H groups in total. The maximum absolute atomic E-state index is 12.6. The first-order valence-electron chi connectivity index (χ1n) is 7.21. The van der Waals surface area contributed by atoms with Crippen molar-refractivity contribution in [3.8, 4) is 0 Å². The molecule has 0 heterocycles. The molecule has 0 bridgehead atoms. The van der Waals surface area contributed by atoms with E-state index in [1.807, 2.05) is 0 Å². The Morgan fingerprint density at radius 3 is 2.11 bits per heavy atom. The van der Waals surface area contributed by atoms with E-state index in [1.54, 1.807) is 0 Å². The molecule has 2 aliphatic rings. The van der Waals surface area contributed by atoms with Gasteiger partial charge in [-0.1, -0.05) is 25.7 Å². The fraction of sp³-hybridized carbons (Fsp3) is 0.929. The number of nitrogens with zero attached hydrogens (tertiary/aromatic N) is 1. The molecule has 0 amide bonds. The molecule has 5 heteroatoms. The summed E-state index contributed by atoms with van der Waals surface area (Å²) in [7, 11) is 0. The van der Waals surface area contributed by atoms with Gasteiger partial charge >= 0.3 is 6.18 Å². The minimum Gasteiger partial charge on any atom is -0.303 e. The second-order valence-electron chi connectivity index (χ2n) is 6.15. The highest BCUT2D eigenvalue weighted by Gasteiger charge is 2.42. The molecule has 2 nitrogen and oxygen atoms in total. The normalized spacial score (nSPS) is 24.2. The minimum atomic E-state index is -4.17. The molecule has 0 atom stereocenters. The second-order valence-corrected chi connectivity index (χ2v) is 6.15. The zero-order chi connectivity index (χ0) is 13.9. The lowest BCUT2D eigenvalue weighted by atomic mass is 9.81. The van der Waals surface area contributed by atoms with Crippen LogP contribution in [0.5, 0.6) is 0 Å². The number of aldehydes is 1. The average molecular weight is 277 g/mol. The lowest BCUT2D eigenvalue weighted by molar-refractivity contribution is -0.152. The van der Waals surface area contributed by atoms with E-state index in [-0.39, 0.29) is 6.04 Å². The van der Waals surface area contributed by atoms with Gasteiger partial charge in [-0.05, 0) is 25.7 Å². The van der Waals surface area contributed by atoms with Gasteiger partial charge in [0.1, 0.15) is 6.29 Å². The maximum atomic E-state index is 12.6. The Balaban J connectivity index is 2.02. The Morgan fingerprint density at radius 1 is 1.11 bits per heavy atom. The number of carbonyl (C=O) groups excluding carboxylic acids is 1. The van der Waals surface area contributed by atoms with Crippen LogP contribution in [0, 0.1) is 5.41 Å². The molecule has 0 aromatic rings. The van der Waals surface area contributed by atoms with Crippen LogP contribution in [0.25, 0.3) is 0 Å². The van der Waals surface area contributed by atoms with Gasteiger partial charge in [-0.3, -0.25) is 4.90 Å². The lowest BCUT2D eigenvalue weighted by Gasteiger charge is -2.34. The SMILES string of the molecule is O=CC1(CN(CC(F)(F)F)C2CC2)CCCCCC1. The first kappa shape index (κ1) is 14.8. The van der Waals surface area contributed by atoms with E-state index in [1.165, 1.54) is 4.90 Å². The van der Waals surface area contributed by atoms with Crippen LogP contribution in [0.2, 0.25) is 0 Å². The number of hydrogen-bond acceptors (Lipinski definition) is 2. The molecule has 19 heavy (non-hydrogen) atoms. The van der Waals surface area contributed by atoms with Gasteiger partial charge in [-0.25, -0.2) is 0 Å². The summed E-state index contributed by atoms with van der Waals surface area (Å²) in [6.07, 6.45) is 4.05. The predicted molar refractivity (Wildman–Crippen MR) is 66.8 cm³/mol. The molecule has 110 valence electrons. The summed E-state index contributed by atoms with van der Waals surface area (Å²) < 4.78 is 37.9. The van der Waals surface area contributed by atoms with Gasteiger partial charge in [-0.2, -0.15) is 13.2 Å². The summed E-state index contributed by atoms with van der Waals surface area (Å²) in [5.41, 5.74) is -0.537. The highest BCUT2D eigenvalue weighted by Crippen LogP contribution is 2.38. The van der Waals surface area contributed by atoms with Crippen LogP contribution in [-0.4, -0.2) is 36.5 Å². The Labute approximate surface area is 112 Å². The Hall–Kier alpha value is -0.580. The highest BCUT2D eigenvalue weighted by molar-refractivity contribution is 5.59. The molecule has 0 aromatic carbocycles. The fourth-order valence-corrected chi connectivity index (χ4v) is 3.13. The van der Waals surface area contributed by atoms with Crippen molar-refractivity contribution in [3.05, 3.63) is 0 Å². The Bertz CT molecular complexity index is 304. The van der Waals surface area contributed by atoms with Gasteiger partial charge < -0.3 is 4.79 Å². The summed E-state index contributed by atoms with van der Waals surface area (Å²) in [5, 5.41) is 0. The van der Waals surface area contributed by atoms with Crippen molar-refractivity contribution in [3.63, 3.8) is 0 Å². The number of hydrogen-bond donors (Lipinski definition) is 0. The topological polar surface area (TPSA) is 20.3 Å². The maximum Gasteiger partial charge on any atom is 0.401 e. The number of carbonyl (C=O) groups is 1. The third kappa shape index (κ3) is 4.48. The number of halogens is 3. The molecular weight excluding hydrogens is 255 g/mol. The van der Waals surface area contributed by atoms with Gasteiger partial charge in [0.15, 0.2) is 0 Å². The molecule has 2 rings (SSSR count). The van der Waals surface area contributed by atoms with Crippen LogP contribution in [0.15, 0.2) is 0 Å². The van der Waals surface area contributed by atoms with Gasteiger partial charge in [0, 0.05) is 18.0 Å². The average Bonchev–Trinajstić information content (AvgIpc) is 3.14. The van der Waals surface area contributed by atoms with E-state index >= 15 is 0 Å². The van der Waals surface area contributed by atoms with Crippen molar-refractivity contribution < 1.29 is 18.0 Å². The van der Waals surface area contributed by atoms with Crippen molar-refractivity contribution in [2.75, 3.05) is 13.1 Å². The molecule has 0 aliphatic heterocycles. The van der Waals surface area contributed by atoms with E-state index < -0.39 is 18.1 Å². The summed E-state index contributed by atoms with van der Waals surface area (Å²) in [6, 6.07) is 0.0432.